The summed E-state index contributed by atoms with van der Waals surface area (Å²) >= 11 is 5.98. The van der Waals surface area contributed by atoms with E-state index in [9.17, 15) is 0 Å². The highest BCUT2D eigenvalue weighted by molar-refractivity contribution is 6.30. The lowest BCUT2D eigenvalue weighted by Crippen LogP contribution is -2.14. The fourth-order valence-corrected chi connectivity index (χ4v) is 2.89. The second-order valence-corrected chi connectivity index (χ2v) is 5.98. The molecule has 0 radical (unpaired) electrons. The maximum atomic E-state index is 9.06. The highest BCUT2D eigenvalue weighted by Gasteiger charge is 2.11. The smallest absolute Gasteiger partial charge is 0.137 e. The quantitative estimate of drug-likeness (QED) is 0.725. The molecule has 122 valence electrons. The number of halogens is 1. The number of nitrogens with zero attached hydrogens (tertiary/aromatic N) is 4. The lowest BCUT2D eigenvalue weighted by molar-refractivity contribution is 0.267. The van der Waals surface area contributed by atoms with Gasteiger partial charge in [0.1, 0.15) is 5.65 Å². The SMILES string of the molecule is Cc1nn(CCO)c(C)c1CNCc1cn2cc(Cl)ccc2n1. The molecule has 3 aromatic heterocycles. The first-order chi connectivity index (χ1) is 11.1. The molecule has 3 rings (SSSR count). The molecule has 0 spiro atoms. The first kappa shape index (κ1) is 16.0. The molecule has 0 bridgehead atoms. The van der Waals surface area contributed by atoms with Crippen LogP contribution in [0.5, 0.6) is 0 Å². The zero-order valence-corrected chi connectivity index (χ0v) is 14.0. The van der Waals surface area contributed by atoms with Gasteiger partial charge in [-0.1, -0.05) is 11.6 Å². The van der Waals surface area contributed by atoms with Crippen molar-refractivity contribution in [2.75, 3.05) is 6.61 Å². The Morgan fingerprint density at radius 1 is 1.22 bits per heavy atom. The van der Waals surface area contributed by atoms with E-state index in [2.05, 4.69) is 15.4 Å². The minimum absolute atomic E-state index is 0.0959. The van der Waals surface area contributed by atoms with Crippen LogP contribution in [0.25, 0.3) is 5.65 Å². The molecular weight excluding hydrogens is 314 g/mol. The third kappa shape index (κ3) is 3.39. The zero-order chi connectivity index (χ0) is 16.4. The van der Waals surface area contributed by atoms with Gasteiger partial charge in [-0.05, 0) is 26.0 Å². The molecule has 0 aliphatic heterocycles. The molecule has 0 atom stereocenters. The van der Waals surface area contributed by atoms with E-state index in [4.69, 9.17) is 16.7 Å². The van der Waals surface area contributed by atoms with Crippen LogP contribution in [0, 0.1) is 13.8 Å². The number of aryl methyl sites for hydroxylation is 1. The highest BCUT2D eigenvalue weighted by Crippen LogP contribution is 2.14. The molecule has 0 unspecified atom stereocenters. The Morgan fingerprint density at radius 3 is 2.83 bits per heavy atom. The molecule has 0 aliphatic rings. The molecule has 3 heterocycles. The van der Waals surface area contributed by atoms with Crippen molar-refractivity contribution in [2.24, 2.45) is 0 Å². The largest absolute Gasteiger partial charge is 0.394 e. The van der Waals surface area contributed by atoms with Crippen LogP contribution in [0.15, 0.2) is 24.5 Å². The van der Waals surface area contributed by atoms with E-state index in [1.54, 1.807) is 0 Å². The summed E-state index contributed by atoms with van der Waals surface area (Å²) < 4.78 is 3.77. The minimum Gasteiger partial charge on any atom is -0.394 e. The lowest BCUT2D eigenvalue weighted by atomic mass is 10.2. The Labute approximate surface area is 139 Å². The highest BCUT2D eigenvalue weighted by atomic mass is 35.5. The van der Waals surface area contributed by atoms with Crippen LogP contribution in [-0.2, 0) is 19.6 Å². The average Bonchev–Trinajstić information content (AvgIpc) is 3.02. The molecule has 6 nitrogen and oxygen atoms in total. The Kier molecular flexibility index (Phi) is 4.66. The van der Waals surface area contributed by atoms with E-state index in [1.807, 2.05) is 47.5 Å². The number of aliphatic hydroxyl groups is 1. The van der Waals surface area contributed by atoms with Gasteiger partial charge in [-0.3, -0.25) is 4.68 Å². The molecule has 0 amide bonds. The first-order valence-electron chi connectivity index (χ1n) is 7.56. The predicted octanol–water partition coefficient (Wildman–Crippen LogP) is 2.08. The summed E-state index contributed by atoms with van der Waals surface area (Å²) in [6.07, 6.45) is 3.82. The van der Waals surface area contributed by atoms with Gasteiger partial charge in [0, 0.05) is 36.7 Å². The van der Waals surface area contributed by atoms with Gasteiger partial charge in [0.25, 0.3) is 0 Å². The van der Waals surface area contributed by atoms with E-state index in [1.165, 1.54) is 5.56 Å². The number of aliphatic hydroxyl groups excluding tert-OH is 1. The van der Waals surface area contributed by atoms with Crippen LogP contribution in [0.3, 0.4) is 0 Å². The van der Waals surface area contributed by atoms with E-state index in [0.29, 0.717) is 18.1 Å². The zero-order valence-electron chi connectivity index (χ0n) is 13.3. The fraction of sp³-hybridized carbons (Fsp3) is 0.375. The Morgan fingerprint density at radius 2 is 2.04 bits per heavy atom. The number of fused-ring (bicyclic) bond motifs is 1. The van der Waals surface area contributed by atoms with Crippen molar-refractivity contribution >= 4 is 17.2 Å². The number of hydrogen-bond donors (Lipinski definition) is 2. The van der Waals surface area contributed by atoms with E-state index >= 15 is 0 Å². The van der Waals surface area contributed by atoms with Gasteiger partial charge in [-0.15, -0.1) is 0 Å². The van der Waals surface area contributed by atoms with Crippen molar-refractivity contribution in [3.05, 3.63) is 52.2 Å². The maximum Gasteiger partial charge on any atom is 0.137 e. The number of hydrogen-bond acceptors (Lipinski definition) is 4. The molecular formula is C16H20ClN5O. The van der Waals surface area contributed by atoms with Gasteiger partial charge in [0.15, 0.2) is 0 Å². The molecule has 0 fully saturated rings. The molecule has 2 N–H and O–H groups in total. The third-order valence-electron chi connectivity index (χ3n) is 3.92. The monoisotopic (exact) mass is 333 g/mol. The van der Waals surface area contributed by atoms with Gasteiger partial charge >= 0.3 is 0 Å². The summed E-state index contributed by atoms with van der Waals surface area (Å²) in [5.74, 6) is 0. The summed E-state index contributed by atoms with van der Waals surface area (Å²) in [4.78, 5) is 4.55. The minimum atomic E-state index is 0.0959. The Bertz CT molecular complexity index is 823. The van der Waals surface area contributed by atoms with Crippen molar-refractivity contribution in [2.45, 2.75) is 33.5 Å². The van der Waals surface area contributed by atoms with Crippen molar-refractivity contribution < 1.29 is 5.11 Å². The van der Waals surface area contributed by atoms with Crippen LogP contribution < -0.4 is 5.32 Å². The number of imidazole rings is 1. The summed E-state index contributed by atoms with van der Waals surface area (Å²) in [5.41, 5.74) is 5.10. The van der Waals surface area contributed by atoms with Crippen LogP contribution in [0.1, 0.15) is 22.6 Å². The first-order valence-corrected chi connectivity index (χ1v) is 7.94. The van der Waals surface area contributed by atoms with Crippen molar-refractivity contribution in [1.29, 1.82) is 0 Å². The van der Waals surface area contributed by atoms with Gasteiger partial charge in [-0.25, -0.2) is 4.98 Å². The Balaban J connectivity index is 1.66. The molecule has 0 aromatic carbocycles. The van der Waals surface area contributed by atoms with Crippen LogP contribution in [0.4, 0.5) is 0 Å². The second-order valence-electron chi connectivity index (χ2n) is 5.54. The number of rotatable bonds is 6. The number of pyridine rings is 1. The molecule has 0 aliphatic carbocycles. The van der Waals surface area contributed by atoms with Crippen molar-refractivity contribution in [3.63, 3.8) is 0 Å². The topological polar surface area (TPSA) is 67.4 Å². The summed E-state index contributed by atoms with van der Waals surface area (Å²) in [6.45, 7) is 6.03. The second kappa shape index (κ2) is 6.70. The molecule has 0 saturated carbocycles. The number of nitrogens with one attached hydrogen (secondary N) is 1. The van der Waals surface area contributed by atoms with Gasteiger partial charge in [0.2, 0.25) is 0 Å². The maximum absolute atomic E-state index is 9.06. The summed E-state index contributed by atoms with van der Waals surface area (Å²) in [6, 6.07) is 3.74. The normalized spacial score (nSPS) is 11.5. The predicted molar refractivity (Wildman–Crippen MR) is 89.5 cm³/mol. The van der Waals surface area contributed by atoms with Crippen LogP contribution in [0.2, 0.25) is 5.02 Å². The van der Waals surface area contributed by atoms with E-state index < -0.39 is 0 Å². The van der Waals surface area contributed by atoms with E-state index in [-0.39, 0.29) is 6.61 Å². The van der Waals surface area contributed by atoms with Crippen molar-refractivity contribution in [3.8, 4) is 0 Å². The molecule has 23 heavy (non-hydrogen) atoms. The summed E-state index contributed by atoms with van der Waals surface area (Å²) in [5, 5.41) is 17.6. The van der Waals surface area contributed by atoms with E-state index in [0.717, 1.165) is 29.3 Å². The molecule has 7 heteroatoms. The average molecular weight is 334 g/mol. The van der Waals surface area contributed by atoms with Crippen LogP contribution in [-0.4, -0.2) is 30.9 Å². The Hall–Kier alpha value is -1.89. The molecule has 0 saturated heterocycles. The lowest BCUT2D eigenvalue weighted by Gasteiger charge is -2.05. The van der Waals surface area contributed by atoms with Gasteiger partial charge in [0.05, 0.1) is 29.6 Å². The van der Waals surface area contributed by atoms with Gasteiger partial charge < -0.3 is 14.8 Å². The molecule has 3 aromatic rings. The summed E-state index contributed by atoms with van der Waals surface area (Å²) in [7, 11) is 0. The standard InChI is InChI=1S/C16H20ClN5O/c1-11-15(12(2)22(20-11)5-6-23)8-18-7-14-10-21-9-13(17)3-4-16(21)19-14/h3-4,9-10,18,23H,5-8H2,1-2H3. The number of aromatic nitrogens is 4. The van der Waals surface area contributed by atoms with Crippen LogP contribution >= 0.6 is 11.6 Å². The fourth-order valence-electron chi connectivity index (χ4n) is 2.72. The third-order valence-corrected chi connectivity index (χ3v) is 4.14. The van der Waals surface area contributed by atoms with Gasteiger partial charge in [-0.2, -0.15) is 5.10 Å². The van der Waals surface area contributed by atoms with Crippen molar-refractivity contribution in [1.82, 2.24) is 24.5 Å².